The third-order valence-electron chi connectivity index (χ3n) is 3.12. The molecule has 0 bridgehead atoms. The van der Waals surface area contributed by atoms with E-state index in [1.54, 1.807) is 25.4 Å². The van der Waals surface area contributed by atoms with E-state index in [4.69, 9.17) is 4.74 Å². The van der Waals surface area contributed by atoms with Crippen LogP contribution in [-0.2, 0) is 0 Å². The highest BCUT2D eigenvalue weighted by atomic mass is 16.6. The van der Waals surface area contributed by atoms with Gasteiger partial charge < -0.3 is 4.74 Å². The van der Waals surface area contributed by atoms with Crippen LogP contribution in [0.1, 0.15) is 0 Å². The molecule has 0 amide bonds. The molecule has 0 aliphatic heterocycles. The van der Waals surface area contributed by atoms with E-state index in [-0.39, 0.29) is 5.69 Å². The average Bonchev–Trinajstić information content (AvgIpc) is 2.54. The summed E-state index contributed by atoms with van der Waals surface area (Å²) in [6, 6.07) is 11.7. The van der Waals surface area contributed by atoms with Crippen molar-refractivity contribution in [3.05, 3.63) is 58.8 Å². The van der Waals surface area contributed by atoms with Crippen LogP contribution in [0.5, 0.6) is 5.75 Å². The van der Waals surface area contributed by atoms with Crippen molar-refractivity contribution in [3.63, 3.8) is 0 Å². The fraction of sp³-hybridized carbons (Fsp3) is 0.0667. The lowest BCUT2D eigenvalue weighted by Crippen LogP contribution is -1.92. The second-order valence-electron chi connectivity index (χ2n) is 4.42. The van der Waals surface area contributed by atoms with Gasteiger partial charge in [0.05, 0.1) is 17.5 Å². The standard InChI is InChI=1S/C15H11N3O3/c1-21-13-6-7-14-11(8-13)9-16-15(17-14)10-2-4-12(5-3-10)18(19)20/h2-9H,1H3. The predicted octanol–water partition coefficient (Wildman–Crippen LogP) is 3.21. The molecule has 0 aliphatic rings. The Morgan fingerprint density at radius 1 is 1.14 bits per heavy atom. The van der Waals surface area contributed by atoms with Crippen LogP contribution in [0.4, 0.5) is 5.69 Å². The molecule has 0 spiro atoms. The number of hydrogen-bond acceptors (Lipinski definition) is 5. The van der Waals surface area contributed by atoms with Gasteiger partial charge in [-0.3, -0.25) is 10.1 Å². The summed E-state index contributed by atoms with van der Waals surface area (Å²) in [5.41, 5.74) is 1.57. The van der Waals surface area contributed by atoms with Crippen molar-refractivity contribution in [1.29, 1.82) is 0 Å². The summed E-state index contributed by atoms with van der Waals surface area (Å²) >= 11 is 0. The van der Waals surface area contributed by atoms with Crippen molar-refractivity contribution in [3.8, 4) is 17.1 Å². The molecule has 0 saturated heterocycles. The fourth-order valence-electron chi connectivity index (χ4n) is 2.01. The Bertz CT molecular complexity index is 816. The zero-order valence-electron chi connectivity index (χ0n) is 11.2. The van der Waals surface area contributed by atoms with Crippen LogP contribution in [0, 0.1) is 10.1 Å². The van der Waals surface area contributed by atoms with Gasteiger partial charge in [-0.15, -0.1) is 0 Å². The zero-order valence-corrected chi connectivity index (χ0v) is 11.2. The lowest BCUT2D eigenvalue weighted by atomic mass is 10.2. The minimum absolute atomic E-state index is 0.0456. The van der Waals surface area contributed by atoms with Crippen LogP contribution >= 0.6 is 0 Å². The normalized spacial score (nSPS) is 10.5. The molecule has 0 fully saturated rings. The molecule has 104 valence electrons. The van der Waals surface area contributed by atoms with E-state index in [0.717, 1.165) is 22.2 Å². The number of benzene rings is 2. The van der Waals surface area contributed by atoms with E-state index in [9.17, 15) is 10.1 Å². The van der Waals surface area contributed by atoms with Crippen LogP contribution < -0.4 is 4.74 Å². The summed E-state index contributed by atoms with van der Waals surface area (Å²) in [5.74, 6) is 1.27. The molecular formula is C15H11N3O3. The molecular weight excluding hydrogens is 270 g/mol. The molecule has 0 radical (unpaired) electrons. The fourth-order valence-corrected chi connectivity index (χ4v) is 2.01. The first-order chi connectivity index (χ1) is 10.2. The number of aromatic nitrogens is 2. The predicted molar refractivity (Wildman–Crippen MR) is 78.2 cm³/mol. The number of hydrogen-bond donors (Lipinski definition) is 0. The van der Waals surface area contributed by atoms with Gasteiger partial charge in [-0.05, 0) is 30.3 Å². The van der Waals surface area contributed by atoms with Gasteiger partial charge in [0, 0.05) is 29.3 Å². The van der Waals surface area contributed by atoms with Crippen LogP contribution in [0.25, 0.3) is 22.3 Å². The van der Waals surface area contributed by atoms with Gasteiger partial charge in [0.25, 0.3) is 5.69 Å². The molecule has 6 heteroatoms. The topological polar surface area (TPSA) is 78.2 Å². The molecule has 0 N–H and O–H groups in total. The zero-order chi connectivity index (χ0) is 14.8. The van der Waals surface area contributed by atoms with E-state index in [2.05, 4.69) is 9.97 Å². The molecule has 6 nitrogen and oxygen atoms in total. The maximum absolute atomic E-state index is 10.6. The molecule has 0 aliphatic carbocycles. The maximum atomic E-state index is 10.6. The number of fused-ring (bicyclic) bond motifs is 1. The Morgan fingerprint density at radius 2 is 1.90 bits per heavy atom. The summed E-state index contributed by atoms with van der Waals surface area (Å²) < 4.78 is 5.15. The summed E-state index contributed by atoms with van der Waals surface area (Å²) in [7, 11) is 1.60. The van der Waals surface area contributed by atoms with E-state index in [0.29, 0.717) is 5.82 Å². The Balaban J connectivity index is 2.02. The summed E-state index contributed by atoms with van der Waals surface area (Å²) in [4.78, 5) is 19.0. The molecule has 2 aromatic carbocycles. The van der Waals surface area contributed by atoms with Crippen molar-refractivity contribution < 1.29 is 9.66 Å². The number of rotatable bonds is 3. The first-order valence-electron chi connectivity index (χ1n) is 6.23. The molecule has 1 aromatic heterocycles. The number of nitro groups is 1. The largest absolute Gasteiger partial charge is 0.497 e. The summed E-state index contributed by atoms with van der Waals surface area (Å²) in [5, 5.41) is 11.5. The molecule has 1 heterocycles. The second kappa shape index (κ2) is 5.16. The number of nitro benzene ring substituents is 1. The van der Waals surface area contributed by atoms with Gasteiger partial charge in [-0.25, -0.2) is 9.97 Å². The second-order valence-corrected chi connectivity index (χ2v) is 4.42. The average molecular weight is 281 g/mol. The highest BCUT2D eigenvalue weighted by molar-refractivity contribution is 5.81. The van der Waals surface area contributed by atoms with Crippen molar-refractivity contribution in [2.45, 2.75) is 0 Å². The van der Waals surface area contributed by atoms with E-state index < -0.39 is 4.92 Å². The maximum Gasteiger partial charge on any atom is 0.269 e. The Hall–Kier alpha value is -3.02. The van der Waals surface area contributed by atoms with Gasteiger partial charge in [0.2, 0.25) is 0 Å². The van der Waals surface area contributed by atoms with Crippen LogP contribution in [0.15, 0.2) is 48.7 Å². The molecule has 21 heavy (non-hydrogen) atoms. The number of methoxy groups -OCH3 is 1. The van der Waals surface area contributed by atoms with Crippen molar-refractivity contribution in [2.24, 2.45) is 0 Å². The van der Waals surface area contributed by atoms with E-state index >= 15 is 0 Å². The van der Waals surface area contributed by atoms with Gasteiger partial charge in [-0.2, -0.15) is 0 Å². The van der Waals surface area contributed by atoms with E-state index in [1.165, 1.54) is 12.1 Å². The molecule has 0 atom stereocenters. The first-order valence-corrected chi connectivity index (χ1v) is 6.23. The molecule has 0 unspecified atom stereocenters. The summed E-state index contributed by atoms with van der Waals surface area (Å²) in [6.07, 6.45) is 1.71. The van der Waals surface area contributed by atoms with Crippen molar-refractivity contribution in [2.75, 3.05) is 7.11 Å². The van der Waals surface area contributed by atoms with Gasteiger partial charge in [0.15, 0.2) is 5.82 Å². The van der Waals surface area contributed by atoms with E-state index in [1.807, 2.05) is 18.2 Å². The van der Waals surface area contributed by atoms with Crippen LogP contribution in [0.3, 0.4) is 0 Å². The first kappa shape index (κ1) is 13.0. The highest BCUT2D eigenvalue weighted by Crippen LogP contribution is 2.23. The Morgan fingerprint density at radius 3 is 2.57 bits per heavy atom. The Labute approximate surface area is 120 Å². The lowest BCUT2D eigenvalue weighted by molar-refractivity contribution is -0.384. The summed E-state index contributed by atoms with van der Waals surface area (Å²) in [6.45, 7) is 0. The monoisotopic (exact) mass is 281 g/mol. The smallest absolute Gasteiger partial charge is 0.269 e. The SMILES string of the molecule is COc1ccc2nc(-c3ccc([N+](=O)[O-])cc3)ncc2c1. The van der Waals surface area contributed by atoms with Gasteiger partial charge >= 0.3 is 0 Å². The minimum Gasteiger partial charge on any atom is -0.497 e. The Kier molecular flexibility index (Phi) is 3.19. The van der Waals surface area contributed by atoms with Crippen molar-refractivity contribution >= 4 is 16.6 Å². The molecule has 3 aromatic rings. The quantitative estimate of drug-likeness (QED) is 0.544. The lowest BCUT2D eigenvalue weighted by Gasteiger charge is -2.04. The number of nitrogens with zero attached hydrogens (tertiary/aromatic N) is 3. The number of non-ortho nitro benzene ring substituents is 1. The van der Waals surface area contributed by atoms with Crippen LogP contribution in [0.2, 0.25) is 0 Å². The third kappa shape index (κ3) is 2.51. The van der Waals surface area contributed by atoms with Crippen molar-refractivity contribution in [1.82, 2.24) is 9.97 Å². The van der Waals surface area contributed by atoms with Crippen LogP contribution in [-0.4, -0.2) is 22.0 Å². The minimum atomic E-state index is -0.433. The van der Waals surface area contributed by atoms with Gasteiger partial charge in [0.1, 0.15) is 5.75 Å². The highest BCUT2D eigenvalue weighted by Gasteiger charge is 2.08. The van der Waals surface area contributed by atoms with Gasteiger partial charge in [-0.1, -0.05) is 0 Å². The molecule has 3 rings (SSSR count). The third-order valence-corrected chi connectivity index (χ3v) is 3.12. The molecule has 0 saturated carbocycles. The number of ether oxygens (including phenoxy) is 1.